The standard InChI is InChI=1S/C18H15IP.Ag/c19-20(16-10-4-1-5-11-16,17-12-6-2-7-13-17)18-14-8-3-9-15-18;/h1-15H;/q+1;-1. The molecule has 3 heteroatoms. The van der Waals surface area contributed by atoms with Gasteiger partial charge in [-0.25, -0.2) is 0 Å². The molecule has 3 aromatic rings. The molecule has 0 N–H and O–H groups in total. The van der Waals surface area contributed by atoms with E-state index in [1.165, 1.54) is 15.9 Å². The van der Waals surface area contributed by atoms with E-state index in [0.29, 0.717) is 0 Å². The van der Waals surface area contributed by atoms with Crippen LogP contribution < -0.4 is 15.9 Å². The number of rotatable bonds is 3. The van der Waals surface area contributed by atoms with Crippen molar-refractivity contribution in [2.24, 2.45) is 0 Å². The van der Waals surface area contributed by atoms with Crippen LogP contribution in [0, 0.1) is 0 Å². The Morgan fingerprint density at radius 2 is 0.762 bits per heavy atom. The average molecular weight is 497 g/mol. The molecule has 0 heterocycles. The van der Waals surface area contributed by atoms with Gasteiger partial charge >= 0.3 is 152 Å². The van der Waals surface area contributed by atoms with Crippen LogP contribution in [-0.4, -0.2) is 0 Å². The molecule has 3 rings (SSSR count). The summed E-state index contributed by atoms with van der Waals surface area (Å²) in [4.78, 5) is 0. The Kier molecular flexibility index (Phi) is 4.40. The van der Waals surface area contributed by atoms with E-state index in [9.17, 15) is 0 Å². The predicted molar refractivity (Wildman–Crippen MR) is 99.2 cm³/mol. The van der Waals surface area contributed by atoms with Crippen molar-refractivity contribution in [3.8, 4) is 0 Å². The summed E-state index contributed by atoms with van der Waals surface area (Å²) < 4.78 is -2.59. The van der Waals surface area contributed by atoms with Crippen molar-refractivity contribution in [3.05, 3.63) is 91.0 Å². The summed E-state index contributed by atoms with van der Waals surface area (Å²) in [6.07, 6.45) is 0. The van der Waals surface area contributed by atoms with Crippen LogP contribution in [0.1, 0.15) is 0 Å². The van der Waals surface area contributed by atoms with E-state index in [2.05, 4.69) is 134 Å². The minimum atomic E-state index is -2.59. The molecule has 110 valence electrons. The van der Waals surface area contributed by atoms with Gasteiger partial charge in [-0.15, -0.1) is 0 Å². The number of benzene rings is 3. The van der Waals surface area contributed by atoms with Gasteiger partial charge in [-0.1, -0.05) is 0 Å². The molecule has 0 atom stereocenters. The Morgan fingerprint density at radius 1 is 0.524 bits per heavy atom. The zero-order valence-corrected chi connectivity index (χ0v) is 15.8. The summed E-state index contributed by atoms with van der Waals surface area (Å²) in [7, 11) is 0. The van der Waals surface area contributed by atoms with Gasteiger partial charge in [0, 0.05) is 0 Å². The second kappa shape index (κ2) is 5.98. The molecule has 0 aliphatic carbocycles. The van der Waals surface area contributed by atoms with Crippen molar-refractivity contribution in [2.45, 2.75) is 0 Å². The summed E-state index contributed by atoms with van der Waals surface area (Å²) in [5.74, 6) is 0. The van der Waals surface area contributed by atoms with E-state index in [1.807, 2.05) is 0 Å². The Labute approximate surface area is 150 Å². The van der Waals surface area contributed by atoms with Crippen LogP contribution in [-0.2, 0) is 20.5 Å². The monoisotopic (exact) mass is 496 g/mol. The number of hydrogen-bond donors (Lipinski definition) is 0. The third-order valence-electron chi connectivity index (χ3n) is 3.57. The van der Waals surface area contributed by atoms with Crippen molar-refractivity contribution in [1.29, 1.82) is 0 Å². The van der Waals surface area contributed by atoms with Crippen LogP contribution in [0.25, 0.3) is 0 Å². The van der Waals surface area contributed by atoms with Crippen LogP contribution in [0.15, 0.2) is 91.0 Å². The summed E-state index contributed by atoms with van der Waals surface area (Å²) in [5.41, 5.74) is 0. The molecule has 3 aromatic carbocycles. The first-order valence-electron chi connectivity index (χ1n) is 6.71. The van der Waals surface area contributed by atoms with Crippen LogP contribution in [0.2, 0.25) is 0 Å². The molecule has 0 aliphatic rings. The van der Waals surface area contributed by atoms with Crippen molar-refractivity contribution in [1.82, 2.24) is 0 Å². The second-order valence-electron chi connectivity index (χ2n) is 4.85. The molecule has 21 heavy (non-hydrogen) atoms. The van der Waals surface area contributed by atoms with Gasteiger partial charge in [-0.2, -0.15) is 0 Å². The zero-order valence-electron chi connectivity index (χ0n) is 11.3. The SMILES string of the molecule is [Ag][P](I)(c1ccccc1)(c1ccccc1)c1ccccc1. The summed E-state index contributed by atoms with van der Waals surface area (Å²) in [6, 6.07) is 32.2. The van der Waals surface area contributed by atoms with Crippen molar-refractivity contribution >= 4 is 40.1 Å². The Hall–Kier alpha value is -0.440. The van der Waals surface area contributed by atoms with E-state index >= 15 is 0 Å². The Morgan fingerprint density at radius 3 is 1.00 bits per heavy atom. The Bertz CT molecular complexity index is 624. The zero-order chi connectivity index (χ0) is 14.8. The van der Waals surface area contributed by atoms with E-state index in [4.69, 9.17) is 0 Å². The fourth-order valence-corrected chi connectivity index (χ4v) is 10.3. The summed E-state index contributed by atoms with van der Waals surface area (Å²) >= 11 is 6.91. The molecular weight excluding hydrogens is 482 g/mol. The first-order chi connectivity index (χ1) is 10.1. The number of hydrogen-bond acceptors (Lipinski definition) is 0. The molecule has 0 nitrogen and oxygen atoms in total. The van der Waals surface area contributed by atoms with E-state index in [1.54, 1.807) is 0 Å². The van der Waals surface area contributed by atoms with Gasteiger partial charge < -0.3 is 0 Å². The van der Waals surface area contributed by atoms with Gasteiger partial charge in [-0.3, -0.25) is 0 Å². The maximum absolute atomic E-state index is 4.26. The maximum atomic E-state index is 4.26. The van der Waals surface area contributed by atoms with Gasteiger partial charge in [0.05, 0.1) is 0 Å². The minimum absolute atomic E-state index is 1.33. The van der Waals surface area contributed by atoms with Gasteiger partial charge in [-0.05, 0) is 0 Å². The topological polar surface area (TPSA) is 0 Å². The fraction of sp³-hybridized carbons (Fsp3) is 0. The first-order valence-corrected chi connectivity index (χ1v) is 13.5. The molecule has 0 aliphatic heterocycles. The molecule has 0 amide bonds. The van der Waals surface area contributed by atoms with Crippen molar-refractivity contribution in [2.75, 3.05) is 0 Å². The molecule has 0 spiro atoms. The van der Waals surface area contributed by atoms with Gasteiger partial charge in [0.2, 0.25) is 0 Å². The third kappa shape index (κ3) is 2.67. The molecule has 0 bridgehead atoms. The summed E-state index contributed by atoms with van der Waals surface area (Å²) in [6.45, 7) is 0. The first kappa shape index (κ1) is 15.5. The second-order valence-corrected chi connectivity index (χ2v) is 21.3. The molecule has 0 unspecified atom stereocenters. The molecule has 0 radical (unpaired) electrons. The van der Waals surface area contributed by atoms with E-state index in [0.717, 1.165) is 0 Å². The van der Waals surface area contributed by atoms with E-state index < -0.39 is 2.14 Å². The quantitative estimate of drug-likeness (QED) is 0.288. The van der Waals surface area contributed by atoms with Crippen LogP contribution >= 0.6 is 24.2 Å². The van der Waals surface area contributed by atoms with Crippen molar-refractivity contribution in [3.63, 3.8) is 0 Å². The van der Waals surface area contributed by atoms with E-state index in [-0.39, 0.29) is 0 Å². The molecular formula is C18H15AgIP. The fourth-order valence-electron chi connectivity index (χ4n) is 2.48. The van der Waals surface area contributed by atoms with Gasteiger partial charge in [0.25, 0.3) is 0 Å². The predicted octanol–water partition coefficient (Wildman–Crippen LogP) is 4.33. The van der Waals surface area contributed by atoms with Crippen LogP contribution in [0.3, 0.4) is 0 Å². The number of halogens is 1. The third-order valence-corrected chi connectivity index (χ3v) is 15.5. The Balaban J connectivity index is 2.36. The molecule has 0 saturated heterocycles. The van der Waals surface area contributed by atoms with Crippen LogP contribution in [0.4, 0.5) is 0 Å². The summed E-state index contributed by atoms with van der Waals surface area (Å²) in [5, 5.41) is 4.00. The average Bonchev–Trinajstić information content (AvgIpc) is 2.57. The van der Waals surface area contributed by atoms with Crippen LogP contribution in [0.5, 0.6) is 0 Å². The molecule has 0 saturated carbocycles. The molecule has 0 fully saturated rings. The van der Waals surface area contributed by atoms with Gasteiger partial charge in [0.15, 0.2) is 0 Å². The molecule has 0 aromatic heterocycles. The normalized spacial score (nSPS) is 13.4. The van der Waals surface area contributed by atoms with Crippen molar-refractivity contribution < 1.29 is 20.5 Å². The van der Waals surface area contributed by atoms with Gasteiger partial charge in [0.1, 0.15) is 0 Å².